The fraction of sp³-hybridized carbons (Fsp3) is 0.350. The van der Waals surface area contributed by atoms with Gasteiger partial charge in [0.15, 0.2) is 0 Å². The zero-order chi connectivity index (χ0) is 20.0. The van der Waals surface area contributed by atoms with Crippen molar-refractivity contribution >= 4 is 21.6 Å². The van der Waals surface area contributed by atoms with Crippen LogP contribution < -0.4 is 14.8 Å². The average Bonchev–Trinajstić information content (AvgIpc) is 2.61. The highest BCUT2D eigenvalue weighted by atomic mass is 32.2. The number of hydrogen-bond acceptors (Lipinski definition) is 4. The molecule has 27 heavy (non-hydrogen) atoms. The fourth-order valence-electron chi connectivity index (χ4n) is 2.27. The molecule has 2 rings (SSSR count). The third-order valence-corrected chi connectivity index (χ3v) is 4.97. The number of sulfonamides is 1. The lowest BCUT2D eigenvalue weighted by Crippen LogP contribution is -2.27. The fourth-order valence-corrected chi connectivity index (χ4v) is 3.33. The maximum absolute atomic E-state index is 12.5. The van der Waals surface area contributed by atoms with Crippen LogP contribution in [0.25, 0.3) is 0 Å². The van der Waals surface area contributed by atoms with E-state index in [2.05, 4.69) is 10.0 Å². The Balaban J connectivity index is 2.06. The Labute approximate surface area is 161 Å². The Bertz CT molecular complexity index is 858. The molecular weight excluding hydrogens is 364 g/mol. The van der Waals surface area contributed by atoms with E-state index in [9.17, 15) is 13.2 Å². The molecule has 0 aliphatic carbocycles. The highest BCUT2D eigenvalue weighted by Gasteiger charge is 2.15. The maximum atomic E-state index is 12.5. The van der Waals surface area contributed by atoms with Gasteiger partial charge in [-0.25, -0.2) is 8.42 Å². The Morgan fingerprint density at radius 2 is 1.56 bits per heavy atom. The van der Waals surface area contributed by atoms with Crippen molar-refractivity contribution in [2.24, 2.45) is 5.92 Å². The lowest BCUT2D eigenvalue weighted by Gasteiger charge is -2.12. The molecule has 0 atom stereocenters. The molecule has 0 unspecified atom stereocenters. The van der Waals surface area contributed by atoms with Crippen LogP contribution in [0, 0.1) is 5.92 Å². The molecular formula is C20H26N2O4S. The molecule has 0 aromatic heterocycles. The van der Waals surface area contributed by atoms with Crippen molar-refractivity contribution in [3.63, 3.8) is 0 Å². The van der Waals surface area contributed by atoms with Crippen LogP contribution in [0.3, 0.4) is 0 Å². The molecule has 146 valence electrons. The van der Waals surface area contributed by atoms with Gasteiger partial charge in [-0.05, 0) is 68.3 Å². The molecule has 0 saturated carbocycles. The normalized spacial score (nSPS) is 11.5. The van der Waals surface area contributed by atoms with E-state index in [1.165, 1.54) is 24.3 Å². The summed E-state index contributed by atoms with van der Waals surface area (Å²) >= 11 is 0. The number of rotatable bonds is 8. The number of benzene rings is 2. The molecule has 0 saturated heterocycles. The Morgan fingerprint density at radius 1 is 0.963 bits per heavy atom. The minimum Gasteiger partial charge on any atom is -0.491 e. The van der Waals surface area contributed by atoms with Crippen LogP contribution in [-0.4, -0.2) is 27.0 Å². The van der Waals surface area contributed by atoms with Gasteiger partial charge < -0.3 is 10.1 Å². The predicted molar refractivity (Wildman–Crippen MR) is 107 cm³/mol. The summed E-state index contributed by atoms with van der Waals surface area (Å²) in [6, 6.07) is 12.5. The van der Waals surface area contributed by atoms with Gasteiger partial charge in [0.1, 0.15) is 5.75 Å². The lowest BCUT2D eigenvalue weighted by molar-refractivity contribution is 0.0949. The van der Waals surface area contributed by atoms with Gasteiger partial charge in [0.25, 0.3) is 15.9 Å². The number of amides is 1. The Hall–Kier alpha value is -2.54. The first-order valence-corrected chi connectivity index (χ1v) is 10.3. The molecule has 7 heteroatoms. The maximum Gasteiger partial charge on any atom is 0.261 e. The van der Waals surface area contributed by atoms with Crippen molar-refractivity contribution < 1.29 is 17.9 Å². The molecule has 2 N–H and O–H groups in total. The number of anilines is 1. The Kier molecular flexibility index (Phi) is 6.85. The van der Waals surface area contributed by atoms with E-state index in [1.54, 1.807) is 24.3 Å². The summed E-state index contributed by atoms with van der Waals surface area (Å²) in [5.41, 5.74) is 0.856. The monoisotopic (exact) mass is 390 g/mol. The number of carbonyl (C=O) groups is 1. The van der Waals surface area contributed by atoms with Crippen LogP contribution in [-0.2, 0) is 10.0 Å². The third kappa shape index (κ3) is 6.29. The lowest BCUT2D eigenvalue weighted by atomic mass is 10.2. The van der Waals surface area contributed by atoms with Crippen molar-refractivity contribution in [1.82, 2.24) is 5.32 Å². The van der Waals surface area contributed by atoms with Crippen molar-refractivity contribution in [2.75, 3.05) is 11.3 Å². The van der Waals surface area contributed by atoms with Gasteiger partial charge >= 0.3 is 0 Å². The second kappa shape index (κ2) is 8.90. The summed E-state index contributed by atoms with van der Waals surface area (Å²) in [7, 11) is -3.74. The van der Waals surface area contributed by atoms with Gasteiger partial charge in [-0.2, -0.15) is 0 Å². The molecule has 0 heterocycles. The van der Waals surface area contributed by atoms with E-state index in [4.69, 9.17) is 4.74 Å². The SMILES string of the molecule is CC(C)CNC(=O)c1ccc(S(=O)(=O)Nc2ccc(OC(C)C)cc2)cc1. The molecule has 0 spiro atoms. The standard InChI is InChI=1S/C20H26N2O4S/c1-14(2)13-21-20(23)16-5-11-19(12-6-16)27(24,25)22-17-7-9-18(10-8-17)26-15(3)4/h5-12,14-15,22H,13H2,1-4H3,(H,21,23). The summed E-state index contributed by atoms with van der Waals surface area (Å²) < 4.78 is 33.1. The minimum atomic E-state index is -3.74. The molecule has 0 bridgehead atoms. The van der Waals surface area contributed by atoms with Crippen molar-refractivity contribution in [3.8, 4) is 5.75 Å². The summed E-state index contributed by atoms with van der Waals surface area (Å²) in [6.45, 7) is 8.41. The summed E-state index contributed by atoms with van der Waals surface area (Å²) in [4.78, 5) is 12.1. The van der Waals surface area contributed by atoms with E-state index >= 15 is 0 Å². The van der Waals surface area contributed by atoms with Crippen molar-refractivity contribution in [3.05, 3.63) is 54.1 Å². The van der Waals surface area contributed by atoms with Gasteiger partial charge in [-0.15, -0.1) is 0 Å². The van der Waals surface area contributed by atoms with E-state index in [0.29, 0.717) is 29.5 Å². The molecule has 2 aromatic rings. The van der Waals surface area contributed by atoms with E-state index in [-0.39, 0.29) is 16.9 Å². The molecule has 6 nitrogen and oxygen atoms in total. The van der Waals surface area contributed by atoms with Crippen LogP contribution >= 0.6 is 0 Å². The molecule has 0 radical (unpaired) electrons. The van der Waals surface area contributed by atoms with Crippen molar-refractivity contribution in [1.29, 1.82) is 0 Å². The first kappa shape index (κ1) is 20.8. The quantitative estimate of drug-likeness (QED) is 0.720. The average molecular weight is 391 g/mol. The van der Waals surface area contributed by atoms with Gasteiger partial charge in [0.2, 0.25) is 0 Å². The van der Waals surface area contributed by atoms with E-state index in [0.717, 1.165) is 0 Å². The van der Waals surface area contributed by atoms with Gasteiger partial charge in [0.05, 0.1) is 11.0 Å². The largest absolute Gasteiger partial charge is 0.491 e. The smallest absolute Gasteiger partial charge is 0.261 e. The molecule has 2 aromatic carbocycles. The first-order chi connectivity index (χ1) is 12.7. The summed E-state index contributed by atoms with van der Waals surface area (Å²) in [5.74, 6) is 0.793. The van der Waals surface area contributed by atoms with Crippen LogP contribution in [0.4, 0.5) is 5.69 Å². The van der Waals surface area contributed by atoms with E-state index in [1.807, 2.05) is 27.7 Å². The third-order valence-electron chi connectivity index (χ3n) is 3.58. The zero-order valence-electron chi connectivity index (χ0n) is 16.0. The molecule has 1 amide bonds. The van der Waals surface area contributed by atoms with Crippen molar-refractivity contribution in [2.45, 2.75) is 38.7 Å². The number of carbonyl (C=O) groups excluding carboxylic acids is 1. The first-order valence-electron chi connectivity index (χ1n) is 8.85. The van der Waals surface area contributed by atoms with Crippen LogP contribution in [0.2, 0.25) is 0 Å². The molecule has 0 aliphatic heterocycles. The van der Waals surface area contributed by atoms with Gasteiger partial charge in [-0.1, -0.05) is 13.8 Å². The van der Waals surface area contributed by atoms with Crippen LogP contribution in [0.15, 0.2) is 53.4 Å². The summed E-state index contributed by atoms with van der Waals surface area (Å²) in [6.07, 6.45) is 0.0452. The number of ether oxygens (including phenoxy) is 1. The number of nitrogens with one attached hydrogen (secondary N) is 2. The second-order valence-corrected chi connectivity index (χ2v) is 8.61. The zero-order valence-corrected chi connectivity index (χ0v) is 16.8. The highest BCUT2D eigenvalue weighted by molar-refractivity contribution is 7.92. The Morgan fingerprint density at radius 3 is 2.07 bits per heavy atom. The van der Waals surface area contributed by atoms with Crippen LogP contribution in [0.5, 0.6) is 5.75 Å². The van der Waals surface area contributed by atoms with Gasteiger partial charge in [0, 0.05) is 17.8 Å². The molecule has 0 fully saturated rings. The van der Waals surface area contributed by atoms with E-state index < -0.39 is 10.0 Å². The predicted octanol–water partition coefficient (Wildman–Crippen LogP) is 3.66. The van der Waals surface area contributed by atoms with Gasteiger partial charge in [-0.3, -0.25) is 9.52 Å². The minimum absolute atomic E-state index is 0.0452. The molecule has 0 aliphatic rings. The topological polar surface area (TPSA) is 84.5 Å². The second-order valence-electron chi connectivity index (χ2n) is 6.92. The number of hydrogen-bond donors (Lipinski definition) is 2. The van der Waals surface area contributed by atoms with Crippen LogP contribution in [0.1, 0.15) is 38.1 Å². The summed E-state index contributed by atoms with van der Waals surface area (Å²) in [5, 5.41) is 2.80. The highest BCUT2D eigenvalue weighted by Crippen LogP contribution is 2.20.